The summed E-state index contributed by atoms with van der Waals surface area (Å²) in [6.45, 7) is 7.30. The monoisotopic (exact) mass is 341 g/mol. The summed E-state index contributed by atoms with van der Waals surface area (Å²) in [6, 6.07) is 10.7. The highest BCUT2D eigenvalue weighted by atomic mass is 16.6. The Hall–Kier alpha value is -2.22. The van der Waals surface area contributed by atoms with Crippen LogP contribution in [0.2, 0.25) is 0 Å². The number of hydrogen-bond acceptors (Lipinski definition) is 4. The molecule has 1 aromatic rings. The lowest BCUT2D eigenvalue weighted by Gasteiger charge is -2.45. The Morgan fingerprint density at radius 2 is 2.20 bits per heavy atom. The lowest BCUT2D eigenvalue weighted by Crippen LogP contribution is -2.47. The van der Waals surface area contributed by atoms with E-state index in [2.05, 4.69) is 17.5 Å². The van der Waals surface area contributed by atoms with E-state index in [1.54, 1.807) is 0 Å². The third-order valence-corrected chi connectivity index (χ3v) is 5.03. The molecule has 25 heavy (non-hydrogen) atoms. The molecule has 0 unspecified atom stereocenters. The first-order valence-electron chi connectivity index (χ1n) is 8.99. The van der Waals surface area contributed by atoms with Crippen LogP contribution in [0.5, 0.6) is 0 Å². The van der Waals surface area contributed by atoms with Crippen molar-refractivity contribution in [3.63, 3.8) is 0 Å². The molecule has 1 amide bonds. The molecule has 1 aliphatic heterocycles. The van der Waals surface area contributed by atoms with E-state index in [0.717, 1.165) is 43.6 Å². The molecule has 3 rings (SSSR count). The van der Waals surface area contributed by atoms with E-state index in [9.17, 15) is 4.79 Å². The molecular weight excluding hydrogens is 314 g/mol. The van der Waals surface area contributed by atoms with Gasteiger partial charge in [-0.15, -0.1) is 0 Å². The fourth-order valence-corrected chi connectivity index (χ4v) is 3.94. The second-order valence-corrected chi connectivity index (χ2v) is 8.44. The van der Waals surface area contributed by atoms with Crippen molar-refractivity contribution in [2.24, 2.45) is 5.41 Å². The molecule has 1 saturated heterocycles. The van der Waals surface area contributed by atoms with Crippen molar-refractivity contribution >= 4 is 11.8 Å². The first kappa shape index (κ1) is 17.6. The number of rotatable bonds is 3. The maximum Gasteiger partial charge on any atom is 0.410 e. The molecule has 1 aliphatic carbocycles. The van der Waals surface area contributed by atoms with Crippen LogP contribution in [0.1, 0.15) is 45.6 Å². The van der Waals surface area contributed by atoms with Crippen LogP contribution in [0.4, 0.5) is 10.5 Å². The van der Waals surface area contributed by atoms with Crippen molar-refractivity contribution in [2.75, 3.05) is 18.4 Å². The van der Waals surface area contributed by atoms with Crippen molar-refractivity contribution in [2.45, 2.75) is 58.1 Å². The standard InChI is InChI=1S/C20H27N3O2/c1-19(2,3)25-18(24)23-10-8-20(14-23)12-17(13-20)22-16-6-4-5-15(11-16)7-9-21/h4-6,11,17,22H,7-8,10,12-14H2,1-3H3. The molecule has 1 aromatic carbocycles. The first-order valence-corrected chi connectivity index (χ1v) is 8.99. The molecule has 5 heteroatoms. The van der Waals surface area contributed by atoms with Gasteiger partial charge in [0.15, 0.2) is 0 Å². The van der Waals surface area contributed by atoms with Gasteiger partial charge in [0, 0.05) is 24.8 Å². The van der Waals surface area contributed by atoms with Crippen LogP contribution < -0.4 is 5.32 Å². The van der Waals surface area contributed by atoms with Crippen LogP contribution in [-0.2, 0) is 11.2 Å². The van der Waals surface area contributed by atoms with Crippen LogP contribution in [0.15, 0.2) is 24.3 Å². The van der Waals surface area contributed by atoms with Gasteiger partial charge in [-0.3, -0.25) is 0 Å². The SMILES string of the molecule is CC(C)(C)OC(=O)N1CCC2(CC(Nc3cccc(CC#N)c3)C2)C1. The quantitative estimate of drug-likeness (QED) is 0.904. The van der Waals surface area contributed by atoms with E-state index >= 15 is 0 Å². The molecule has 5 nitrogen and oxygen atoms in total. The molecule has 2 aliphatic rings. The van der Waals surface area contributed by atoms with Gasteiger partial charge >= 0.3 is 6.09 Å². The van der Waals surface area contributed by atoms with Gasteiger partial charge in [0.25, 0.3) is 0 Å². The number of amides is 1. The largest absolute Gasteiger partial charge is 0.444 e. The van der Waals surface area contributed by atoms with Gasteiger partial charge in [-0.25, -0.2) is 4.79 Å². The van der Waals surface area contributed by atoms with Crippen molar-refractivity contribution in [1.82, 2.24) is 4.90 Å². The maximum absolute atomic E-state index is 12.2. The summed E-state index contributed by atoms with van der Waals surface area (Å²) in [5, 5.41) is 12.4. The second-order valence-electron chi connectivity index (χ2n) is 8.44. The van der Waals surface area contributed by atoms with Crippen LogP contribution in [0.3, 0.4) is 0 Å². The third kappa shape index (κ3) is 4.25. The molecule has 0 radical (unpaired) electrons. The maximum atomic E-state index is 12.2. The van der Waals surface area contributed by atoms with Crippen LogP contribution >= 0.6 is 0 Å². The number of carbonyl (C=O) groups is 1. The zero-order valence-corrected chi connectivity index (χ0v) is 15.3. The highest BCUT2D eigenvalue weighted by Gasteiger charge is 2.50. The van der Waals surface area contributed by atoms with Gasteiger partial charge in [-0.2, -0.15) is 5.26 Å². The van der Waals surface area contributed by atoms with Crippen LogP contribution in [0.25, 0.3) is 0 Å². The number of nitriles is 1. The zero-order valence-electron chi connectivity index (χ0n) is 15.3. The Morgan fingerprint density at radius 1 is 1.44 bits per heavy atom. The number of ether oxygens (including phenoxy) is 1. The summed E-state index contributed by atoms with van der Waals surface area (Å²) in [4.78, 5) is 14.1. The average molecular weight is 341 g/mol. The average Bonchev–Trinajstić information content (AvgIpc) is 2.91. The van der Waals surface area contributed by atoms with Crippen molar-refractivity contribution in [3.05, 3.63) is 29.8 Å². The zero-order chi connectivity index (χ0) is 18.1. The van der Waals surface area contributed by atoms with E-state index in [1.165, 1.54) is 0 Å². The van der Waals surface area contributed by atoms with Gasteiger partial charge in [-0.05, 0) is 63.1 Å². The second kappa shape index (κ2) is 6.59. The highest BCUT2D eigenvalue weighted by Crippen LogP contribution is 2.49. The summed E-state index contributed by atoms with van der Waals surface area (Å²) in [7, 11) is 0. The lowest BCUT2D eigenvalue weighted by atomic mass is 9.65. The summed E-state index contributed by atoms with van der Waals surface area (Å²) in [5.41, 5.74) is 1.93. The van der Waals surface area contributed by atoms with Gasteiger partial charge in [0.1, 0.15) is 5.60 Å². The molecule has 0 aromatic heterocycles. The number of hydrogen-bond donors (Lipinski definition) is 1. The molecule has 0 bridgehead atoms. The van der Waals surface area contributed by atoms with Gasteiger partial charge < -0.3 is 15.0 Å². The summed E-state index contributed by atoms with van der Waals surface area (Å²) in [6.07, 6.45) is 3.46. The number of benzene rings is 1. The molecule has 1 saturated carbocycles. The Balaban J connectivity index is 1.50. The molecular formula is C20H27N3O2. The normalized spacial score (nSPS) is 25.4. The Kier molecular flexibility index (Phi) is 4.64. The van der Waals surface area contributed by atoms with Gasteiger partial charge in [-0.1, -0.05) is 12.1 Å². The Morgan fingerprint density at radius 3 is 2.88 bits per heavy atom. The minimum Gasteiger partial charge on any atom is -0.444 e. The van der Waals surface area contributed by atoms with Crippen molar-refractivity contribution in [3.8, 4) is 6.07 Å². The predicted octanol–water partition coefficient (Wildman–Crippen LogP) is 3.95. The van der Waals surface area contributed by atoms with Crippen molar-refractivity contribution in [1.29, 1.82) is 5.26 Å². The predicted molar refractivity (Wildman–Crippen MR) is 97.3 cm³/mol. The Bertz CT molecular complexity index is 681. The molecule has 0 atom stereocenters. The van der Waals surface area contributed by atoms with Crippen molar-refractivity contribution < 1.29 is 9.53 Å². The number of nitrogens with one attached hydrogen (secondary N) is 1. The summed E-state index contributed by atoms with van der Waals surface area (Å²) < 4.78 is 5.49. The third-order valence-electron chi connectivity index (χ3n) is 5.03. The van der Waals surface area contributed by atoms with Crippen LogP contribution in [0, 0.1) is 16.7 Å². The van der Waals surface area contributed by atoms with E-state index in [-0.39, 0.29) is 11.5 Å². The number of anilines is 1. The highest BCUT2D eigenvalue weighted by molar-refractivity contribution is 5.68. The molecule has 1 heterocycles. The van der Waals surface area contributed by atoms with E-state index in [1.807, 2.05) is 43.9 Å². The van der Waals surface area contributed by atoms with Gasteiger partial charge in [0.2, 0.25) is 0 Å². The molecule has 134 valence electrons. The Labute approximate surface area is 150 Å². The number of nitrogens with zero attached hydrogens (tertiary/aromatic N) is 2. The van der Waals surface area contributed by atoms with E-state index in [4.69, 9.17) is 10.00 Å². The van der Waals surface area contributed by atoms with E-state index in [0.29, 0.717) is 12.5 Å². The molecule has 1 N–H and O–H groups in total. The van der Waals surface area contributed by atoms with Crippen LogP contribution in [-0.4, -0.2) is 35.7 Å². The number of likely N-dealkylation sites (tertiary alicyclic amines) is 1. The summed E-state index contributed by atoms with van der Waals surface area (Å²) in [5.74, 6) is 0. The minimum atomic E-state index is -0.440. The lowest BCUT2D eigenvalue weighted by molar-refractivity contribution is 0.0237. The van der Waals surface area contributed by atoms with Gasteiger partial charge in [0.05, 0.1) is 12.5 Å². The minimum absolute atomic E-state index is 0.190. The number of carbonyl (C=O) groups excluding carboxylic acids is 1. The van der Waals surface area contributed by atoms with E-state index < -0.39 is 5.60 Å². The fourth-order valence-electron chi connectivity index (χ4n) is 3.94. The summed E-state index contributed by atoms with van der Waals surface area (Å²) >= 11 is 0. The molecule has 2 fully saturated rings. The molecule has 1 spiro atoms. The fraction of sp³-hybridized carbons (Fsp3) is 0.600. The first-order chi connectivity index (χ1) is 11.8. The smallest absolute Gasteiger partial charge is 0.410 e. The topological polar surface area (TPSA) is 65.4 Å².